The highest BCUT2D eigenvalue weighted by Gasteiger charge is 2.09. The van der Waals surface area contributed by atoms with E-state index in [9.17, 15) is 0 Å². The Morgan fingerprint density at radius 2 is 2.00 bits per heavy atom. The maximum absolute atomic E-state index is 4.62. The van der Waals surface area contributed by atoms with Crippen molar-refractivity contribution in [1.29, 1.82) is 0 Å². The zero-order chi connectivity index (χ0) is 15.1. The van der Waals surface area contributed by atoms with Crippen molar-refractivity contribution in [2.45, 2.75) is 60.0 Å². The fraction of sp³-hybridized carbons (Fsp3) is 0.733. The number of guanidine groups is 1. The second-order valence-corrected chi connectivity index (χ2v) is 6.59. The van der Waals surface area contributed by atoms with Gasteiger partial charge in [-0.15, -0.1) is 11.3 Å². The van der Waals surface area contributed by atoms with E-state index in [-0.39, 0.29) is 0 Å². The van der Waals surface area contributed by atoms with Crippen LogP contribution in [0.25, 0.3) is 0 Å². The molecule has 0 fully saturated rings. The van der Waals surface area contributed by atoms with Crippen LogP contribution in [0.1, 0.15) is 58.2 Å². The van der Waals surface area contributed by atoms with Gasteiger partial charge in [-0.3, -0.25) is 0 Å². The number of thiazole rings is 1. The van der Waals surface area contributed by atoms with Crippen LogP contribution in [0.5, 0.6) is 0 Å². The molecule has 4 nitrogen and oxygen atoms in total. The van der Waals surface area contributed by atoms with Crippen LogP contribution >= 0.6 is 11.3 Å². The van der Waals surface area contributed by atoms with Gasteiger partial charge in [0, 0.05) is 23.9 Å². The Morgan fingerprint density at radius 3 is 2.50 bits per heavy atom. The van der Waals surface area contributed by atoms with Gasteiger partial charge in [-0.05, 0) is 19.8 Å². The highest BCUT2D eigenvalue weighted by molar-refractivity contribution is 7.09. The maximum atomic E-state index is 4.62. The molecule has 0 aliphatic carbocycles. The van der Waals surface area contributed by atoms with Crippen molar-refractivity contribution in [3.8, 4) is 0 Å². The van der Waals surface area contributed by atoms with Crippen LogP contribution in [0.2, 0.25) is 0 Å². The van der Waals surface area contributed by atoms with Gasteiger partial charge in [0.05, 0.1) is 17.2 Å². The molecule has 2 N–H and O–H groups in total. The Labute approximate surface area is 127 Å². The molecule has 0 spiro atoms. The molecule has 114 valence electrons. The van der Waals surface area contributed by atoms with Crippen molar-refractivity contribution in [3.05, 3.63) is 16.1 Å². The second-order valence-electron chi connectivity index (χ2n) is 5.70. The third-order valence-electron chi connectivity index (χ3n) is 3.17. The lowest BCUT2D eigenvalue weighted by molar-refractivity contribution is 0.481. The summed E-state index contributed by atoms with van der Waals surface area (Å²) in [4.78, 5) is 9.23. The van der Waals surface area contributed by atoms with Gasteiger partial charge >= 0.3 is 0 Å². The van der Waals surface area contributed by atoms with E-state index >= 15 is 0 Å². The number of nitrogens with zero attached hydrogens (tertiary/aromatic N) is 2. The number of hydrogen-bond acceptors (Lipinski definition) is 3. The minimum absolute atomic E-state index is 0.398. The first-order valence-electron chi connectivity index (χ1n) is 7.43. The predicted octanol–water partition coefficient (Wildman–Crippen LogP) is 3.37. The molecule has 5 heteroatoms. The first kappa shape index (κ1) is 17.0. The molecule has 1 atom stereocenters. The number of hydrogen-bond donors (Lipinski definition) is 2. The monoisotopic (exact) mass is 296 g/mol. The van der Waals surface area contributed by atoms with Gasteiger partial charge in [-0.1, -0.05) is 27.7 Å². The molecule has 0 aliphatic heterocycles. The third-order valence-corrected chi connectivity index (χ3v) is 4.37. The highest BCUT2D eigenvalue weighted by Crippen LogP contribution is 2.19. The Kier molecular flexibility index (Phi) is 6.99. The molecule has 0 aromatic carbocycles. The van der Waals surface area contributed by atoms with Crippen LogP contribution in [0.4, 0.5) is 0 Å². The van der Waals surface area contributed by atoms with Gasteiger partial charge in [0.15, 0.2) is 5.96 Å². The van der Waals surface area contributed by atoms with E-state index < -0.39 is 0 Å². The standard InChI is InChI=1S/C15H28N4S/c1-7-16-15(18-12(6)10(2)3)17-8-13-9-20-14(19-13)11(4)5/h9-12H,7-8H2,1-6H3,(H2,16,17,18). The minimum Gasteiger partial charge on any atom is -0.357 e. The van der Waals surface area contributed by atoms with Gasteiger partial charge in [-0.2, -0.15) is 0 Å². The zero-order valence-electron chi connectivity index (χ0n) is 13.5. The number of nitrogens with one attached hydrogen (secondary N) is 2. The summed E-state index contributed by atoms with van der Waals surface area (Å²) in [7, 11) is 0. The summed E-state index contributed by atoms with van der Waals surface area (Å²) >= 11 is 1.72. The summed E-state index contributed by atoms with van der Waals surface area (Å²) in [5.74, 6) is 1.93. The van der Waals surface area contributed by atoms with Gasteiger partial charge in [0.1, 0.15) is 0 Å². The second kappa shape index (κ2) is 8.25. The number of aromatic nitrogens is 1. The first-order chi connectivity index (χ1) is 9.43. The largest absolute Gasteiger partial charge is 0.357 e. The Morgan fingerprint density at radius 1 is 1.30 bits per heavy atom. The van der Waals surface area contributed by atoms with E-state index in [0.717, 1.165) is 18.2 Å². The van der Waals surface area contributed by atoms with E-state index in [2.05, 4.69) is 67.5 Å². The molecular weight excluding hydrogens is 268 g/mol. The first-order valence-corrected chi connectivity index (χ1v) is 8.31. The molecular formula is C15H28N4S. The van der Waals surface area contributed by atoms with Crippen LogP contribution in [0, 0.1) is 5.92 Å². The van der Waals surface area contributed by atoms with E-state index in [1.165, 1.54) is 5.01 Å². The van der Waals surface area contributed by atoms with E-state index in [4.69, 9.17) is 0 Å². The quantitative estimate of drug-likeness (QED) is 0.625. The molecule has 1 heterocycles. The minimum atomic E-state index is 0.398. The van der Waals surface area contributed by atoms with E-state index in [1.807, 2.05) is 0 Å². The zero-order valence-corrected chi connectivity index (χ0v) is 14.3. The molecule has 20 heavy (non-hydrogen) atoms. The van der Waals surface area contributed by atoms with Crippen molar-refractivity contribution in [1.82, 2.24) is 15.6 Å². The summed E-state index contributed by atoms with van der Waals surface area (Å²) in [6, 6.07) is 0.398. The summed E-state index contributed by atoms with van der Waals surface area (Å²) in [5, 5.41) is 10.0. The molecule has 0 amide bonds. The molecule has 0 saturated carbocycles. The normalized spacial score (nSPS) is 13.9. The topological polar surface area (TPSA) is 49.3 Å². The molecule has 0 bridgehead atoms. The average molecular weight is 296 g/mol. The summed E-state index contributed by atoms with van der Waals surface area (Å²) in [5.41, 5.74) is 1.05. The van der Waals surface area contributed by atoms with E-state index in [0.29, 0.717) is 24.4 Å². The molecule has 1 rings (SSSR count). The van der Waals surface area contributed by atoms with Crippen LogP contribution in [-0.4, -0.2) is 23.5 Å². The fourth-order valence-electron chi connectivity index (χ4n) is 1.52. The van der Waals surface area contributed by atoms with Crippen LogP contribution in [-0.2, 0) is 6.54 Å². The van der Waals surface area contributed by atoms with Crippen molar-refractivity contribution in [2.75, 3.05) is 6.54 Å². The molecule has 0 radical (unpaired) electrons. The van der Waals surface area contributed by atoms with Crippen LogP contribution in [0.15, 0.2) is 10.4 Å². The maximum Gasteiger partial charge on any atom is 0.191 e. The predicted molar refractivity (Wildman–Crippen MR) is 88.5 cm³/mol. The third kappa shape index (κ3) is 5.49. The number of rotatable bonds is 6. The number of aliphatic imine (C=N–C) groups is 1. The Hall–Kier alpha value is -1.10. The smallest absolute Gasteiger partial charge is 0.191 e. The Balaban J connectivity index is 2.65. The SMILES string of the molecule is CCNC(=NCc1csc(C(C)C)n1)NC(C)C(C)C. The average Bonchev–Trinajstić information content (AvgIpc) is 2.85. The summed E-state index contributed by atoms with van der Waals surface area (Å²) in [6.45, 7) is 14.5. The van der Waals surface area contributed by atoms with Gasteiger partial charge in [0.25, 0.3) is 0 Å². The van der Waals surface area contributed by atoms with Gasteiger partial charge in [0.2, 0.25) is 0 Å². The van der Waals surface area contributed by atoms with Crippen LogP contribution in [0.3, 0.4) is 0 Å². The van der Waals surface area contributed by atoms with Crippen LogP contribution < -0.4 is 10.6 Å². The summed E-state index contributed by atoms with van der Waals surface area (Å²) < 4.78 is 0. The Bertz CT molecular complexity index is 423. The lowest BCUT2D eigenvalue weighted by Gasteiger charge is -2.20. The molecule has 0 aliphatic rings. The van der Waals surface area contributed by atoms with Crippen molar-refractivity contribution < 1.29 is 0 Å². The lowest BCUT2D eigenvalue weighted by atomic mass is 10.1. The highest BCUT2D eigenvalue weighted by atomic mass is 32.1. The van der Waals surface area contributed by atoms with Gasteiger partial charge in [-0.25, -0.2) is 9.98 Å². The molecule has 1 aromatic rings. The van der Waals surface area contributed by atoms with E-state index in [1.54, 1.807) is 11.3 Å². The van der Waals surface area contributed by atoms with Crippen molar-refractivity contribution >= 4 is 17.3 Å². The summed E-state index contributed by atoms with van der Waals surface area (Å²) in [6.07, 6.45) is 0. The molecule has 0 saturated heterocycles. The molecule has 1 aromatic heterocycles. The molecule has 1 unspecified atom stereocenters. The van der Waals surface area contributed by atoms with Gasteiger partial charge < -0.3 is 10.6 Å². The fourth-order valence-corrected chi connectivity index (χ4v) is 2.35. The lowest BCUT2D eigenvalue weighted by Crippen LogP contribution is -2.44. The van der Waals surface area contributed by atoms with Crippen molar-refractivity contribution in [2.24, 2.45) is 10.9 Å². The van der Waals surface area contributed by atoms with Crippen molar-refractivity contribution in [3.63, 3.8) is 0 Å².